The fourth-order valence-electron chi connectivity index (χ4n) is 2.13. The highest BCUT2D eigenvalue weighted by Crippen LogP contribution is 2.25. The lowest BCUT2D eigenvalue weighted by atomic mass is 9.96. The quantitative estimate of drug-likeness (QED) is 0.917. The van der Waals surface area contributed by atoms with Gasteiger partial charge in [-0.25, -0.2) is 0 Å². The molecule has 112 valence electrons. The van der Waals surface area contributed by atoms with Gasteiger partial charge in [0.1, 0.15) is 0 Å². The molecule has 2 aromatic rings. The first kappa shape index (κ1) is 14.5. The topological polar surface area (TPSA) is 74.2 Å². The van der Waals surface area contributed by atoms with Crippen molar-refractivity contribution in [3.05, 3.63) is 34.6 Å². The summed E-state index contributed by atoms with van der Waals surface area (Å²) in [6.45, 7) is 2.35. The maximum absolute atomic E-state index is 6.04. The molecule has 1 atom stereocenters. The molecule has 21 heavy (non-hydrogen) atoms. The van der Waals surface area contributed by atoms with Crippen molar-refractivity contribution in [2.45, 2.75) is 38.3 Å². The predicted octanol–water partition coefficient (Wildman–Crippen LogP) is 3.27. The number of hydrogen-bond acceptors (Lipinski definition) is 5. The van der Waals surface area contributed by atoms with Gasteiger partial charge in [-0.15, -0.1) is 0 Å². The van der Waals surface area contributed by atoms with E-state index in [1.165, 1.54) is 6.42 Å². The summed E-state index contributed by atoms with van der Waals surface area (Å²) in [6.07, 6.45) is 3.83. The van der Waals surface area contributed by atoms with E-state index in [0.717, 1.165) is 24.0 Å². The molecule has 0 saturated heterocycles. The summed E-state index contributed by atoms with van der Waals surface area (Å²) >= 11 is 6.01. The van der Waals surface area contributed by atoms with E-state index >= 15 is 0 Å². The second-order valence-corrected chi connectivity index (χ2v) is 5.82. The number of ether oxygens (including phenoxy) is 1. The Morgan fingerprint density at radius 3 is 2.95 bits per heavy atom. The van der Waals surface area contributed by atoms with Gasteiger partial charge in [0.25, 0.3) is 5.89 Å². The third kappa shape index (κ3) is 3.26. The summed E-state index contributed by atoms with van der Waals surface area (Å²) in [4.78, 5) is 4.35. The largest absolute Gasteiger partial charge is 0.376 e. The van der Waals surface area contributed by atoms with Crippen LogP contribution in [0.2, 0.25) is 5.02 Å². The zero-order valence-electron chi connectivity index (χ0n) is 11.9. The Labute approximate surface area is 128 Å². The highest BCUT2D eigenvalue weighted by molar-refractivity contribution is 6.31. The predicted molar refractivity (Wildman–Crippen MR) is 80.0 cm³/mol. The summed E-state index contributed by atoms with van der Waals surface area (Å²) < 4.78 is 11.0. The monoisotopic (exact) mass is 307 g/mol. The summed E-state index contributed by atoms with van der Waals surface area (Å²) in [5.41, 5.74) is 7.84. The van der Waals surface area contributed by atoms with Crippen LogP contribution in [0.15, 0.2) is 22.7 Å². The van der Waals surface area contributed by atoms with Crippen LogP contribution < -0.4 is 5.73 Å². The van der Waals surface area contributed by atoms with Crippen molar-refractivity contribution >= 4 is 11.6 Å². The van der Waals surface area contributed by atoms with E-state index in [2.05, 4.69) is 10.1 Å². The molecule has 1 unspecified atom stereocenters. The molecule has 2 N–H and O–H groups in total. The van der Waals surface area contributed by atoms with Gasteiger partial charge in [0, 0.05) is 10.6 Å². The molecule has 1 saturated carbocycles. The van der Waals surface area contributed by atoms with Crippen LogP contribution in [0.25, 0.3) is 11.5 Å². The van der Waals surface area contributed by atoms with Crippen molar-refractivity contribution in [3.8, 4) is 11.5 Å². The van der Waals surface area contributed by atoms with E-state index in [9.17, 15) is 0 Å². The lowest BCUT2D eigenvalue weighted by Gasteiger charge is -2.26. The Hall–Kier alpha value is -1.43. The van der Waals surface area contributed by atoms with Crippen molar-refractivity contribution in [2.24, 2.45) is 5.73 Å². The lowest BCUT2D eigenvalue weighted by molar-refractivity contribution is -0.00549. The number of hydrogen-bond donors (Lipinski definition) is 1. The average molecular weight is 308 g/mol. The standard InChI is InChI=1S/C15H18ClN3O2/c1-9-7-10(5-6-12(9)16)15-18-14(19-21-15)13(17)8-20-11-3-2-4-11/h5-7,11,13H,2-4,8,17H2,1H3. The second-order valence-electron chi connectivity index (χ2n) is 5.41. The van der Waals surface area contributed by atoms with Gasteiger partial charge >= 0.3 is 0 Å². The number of nitrogens with zero attached hydrogens (tertiary/aromatic N) is 2. The molecule has 1 aliphatic carbocycles. The van der Waals surface area contributed by atoms with E-state index < -0.39 is 0 Å². The first-order valence-corrected chi connectivity index (χ1v) is 7.48. The van der Waals surface area contributed by atoms with Crippen LogP contribution in [0.1, 0.15) is 36.7 Å². The minimum Gasteiger partial charge on any atom is -0.376 e. The Bertz CT molecular complexity index is 625. The van der Waals surface area contributed by atoms with Crippen LogP contribution >= 0.6 is 11.6 Å². The molecular weight excluding hydrogens is 290 g/mol. The van der Waals surface area contributed by atoms with Gasteiger partial charge in [-0.05, 0) is 49.9 Å². The molecule has 1 heterocycles. The first-order valence-electron chi connectivity index (χ1n) is 7.11. The Kier molecular flexibility index (Phi) is 4.24. The highest BCUT2D eigenvalue weighted by atomic mass is 35.5. The van der Waals surface area contributed by atoms with Gasteiger partial charge in [-0.2, -0.15) is 4.98 Å². The van der Waals surface area contributed by atoms with E-state index in [1.807, 2.05) is 25.1 Å². The van der Waals surface area contributed by atoms with Gasteiger partial charge in [0.05, 0.1) is 18.8 Å². The first-order chi connectivity index (χ1) is 10.1. The number of aryl methyl sites for hydroxylation is 1. The SMILES string of the molecule is Cc1cc(-c2nc(C(N)COC3CCC3)no2)ccc1Cl. The molecule has 0 amide bonds. The van der Waals surface area contributed by atoms with E-state index in [4.69, 9.17) is 26.6 Å². The summed E-state index contributed by atoms with van der Waals surface area (Å²) in [5.74, 6) is 0.917. The van der Waals surface area contributed by atoms with Gasteiger partial charge < -0.3 is 15.0 Å². The molecule has 1 aromatic carbocycles. The smallest absolute Gasteiger partial charge is 0.257 e. The summed E-state index contributed by atoms with van der Waals surface area (Å²) in [5, 5.41) is 4.65. The number of rotatable bonds is 5. The third-order valence-electron chi connectivity index (χ3n) is 3.74. The van der Waals surface area contributed by atoms with Gasteiger partial charge in [-0.3, -0.25) is 0 Å². The minimum atomic E-state index is -0.364. The lowest BCUT2D eigenvalue weighted by Crippen LogP contribution is -2.27. The van der Waals surface area contributed by atoms with Gasteiger partial charge in [0.15, 0.2) is 5.82 Å². The number of aromatic nitrogens is 2. The van der Waals surface area contributed by atoms with E-state index in [-0.39, 0.29) is 6.04 Å². The summed E-state index contributed by atoms with van der Waals surface area (Å²) in [7, 11) is 0. The van der Waals surface area contributed by atoms with Gasteiger partial charge in [0.2, 0.25) is 0 Å². The molecule has 0 radical (unpaired) electrons. The van der Waals surface area contributed by atoms with Crippen molar-refractivity contribution in [3.63, 3.8) is 0 Å². The van der Waals surface area contributed by atoms with Crippen LogP contribution in [0.3, 0.4) is 0 Å². The molecule has 5 nitrogen and oxygen atoms in total. The molecule has 0 spiro atoms. The van der Waals surface area contributed by atoms with Crippen molar-refractivity contribution in [1.82, 2.24) is 10.1 Å². The Morgan fingerprint density at radius 2 is 2.29 bits per heavy atom. The molecule has 0 aliphatic heterocycles. The minimum absolute atomic E-state index is 0.348. The average Bonchev–Trinajstić information content (AvgIpc) is 2.89. The molecular formula is C15H18ClN3O2. The molecule has 3 rings (SSSR count). The van der Waals surface area contributed by atoms with E-state index in [1.54, 1.807) is 0 Å². The van der Waals surface area contributed by atoms with Gasteiger partial charge in [-0.1, -0.05) is 16.8 Å². The molecule has 0 bridgehead atoms. The normalized spacial score (nSPS) is 16.7. The molecule has 1 fully saturated rings. The van der Waals surface area contributed by atoms with Crippen molar-refractivity contribution in [1.29, 1.82) is 0 Å². The maximum atomic E-state index is 6.04. The number of nitrogens with two attached hydrogens (primary N) is 1. The molecule has 6 heteroatoms. The molecule has 1 aromatic heterocycles. The fourth-order valence-corrected chi connectivity index (χ4v) is 2.25. The zero-order valence-corrected chi connectivity index (χ0v) is 12.6. The van der Waals surface area contributed by atoms with Crippen LogP contribution in [0.5, 0.6) is 0 Å². The third-order valence-corrected chi connectivity index (χ3v) is 4.17. The maximum Gasteiger partial charge on any atom is 0.257 e. The van der Waals surface area contributed by atoms with Crippen molar-refractivity contribution < 1.29 is 9.26 Å². The van der Waals surface area contributed by atoms with Crippen LogP contribution in [-0.4, -0.2) is 22.9 Å². The Balaban J connectivity index is 1.68. The fraction of sp³-hybridized carbons (Fsp3) is 0.467. The van der Waals surface area contributed by atoms with Crippen LogP contribution in [0.4, 0.5) is 0 Å². The zero-order chi connectivity index (χ0) is 14.8. The van der Waals surface area contributed by atoms with E-state index in [0.29, 0.717) is 29.4 Å². The summed E-state index contributed by atoms with van der Waals surface area (Å²) in [6, 6.07) is 5.21. The van der Waals surface area contributed by atoms with Crippen molar-refractivity contribution in [2.75, 3.05) is 6.61 Å². The second kappa shape index (κ2) is 6.13. The number of halogens is 1. The highest BCUT2D eigenvalue weighted by Gasteiger charge is 2.21. The van der Waals surface area contributed by atoms with Crippen LogP contribution in [0, 0.1) is 6.92 Å². The molecule has 1 aliphatic rings. The van der Waals surface area contributed by atoms with Crippen LogP contribution in [-0.2, 0) is 4.74 Å². The Morgan fingerprint density at radius 1 is 1.48 bits per heavy atom. The number of benzene rings is 1.